The molecule has 0 bridgehead atoms. The summed E-state index contributed by atoms with van der Waals surface area (Å²) in [4.78, 5) is 26.0. The number of aliphatic carboxylic acids is 1. The van der Waals surface area contributed by atoms with E-state index in [4.69, 9.17) is 0 Å². The van der Waals surface area contributed by atoms with Crippen molar-refractivity contribution in [3.63, 3.8) is 0 Å². The molecule has 0 saturated heterocycles. The van der Waals surface area contributed by atoms with Crippen LogP contribution in [0.1, 0.15) is 99.3 Å². The van der Waals surface area contributed by atoms with Crippen LogP contribution in [0.25, 0.3) is 0 Å². The molecule has 5 aliphatic carbocycles. The van der Waals surface area contributed by atoms with Gasteiger partial charge >= 0.3 is 5.97 Å². The molecule has 0 heterocycles. The minimum Gasteiger partial charge on any atom is -0.515 e. The fourth-order valence-corrected chi connectivity index (χ4v) is 11.5. The van der Waals surface area contributed by atoms with Gasteiger partial charge in [0.1, 0.15) is 0 Å². The molecule has 5 saturated carbocycles. The quantitative estimate of drug-likeness (QED) is 0.245. The van der Waals surface area contributed by atoms with Crippen LogP contribution in [0.3, 0.4) is 0 Å². The van der Waals surface area contributed by atoms with Crippen LogP contribution in [0.15, 0.2) is 24.0 Å². The minimum atomic E-state index is -0.593. The van der Waals surface area contributed by atoms with E-state index in [1.54, 1.807) is 0 Å². The molecular weight excluding hydrogens is 436 g/mol. The third-order valence-electron chi connectivity index (χ3n) is 13.2. The van der Waals surface area contributed by atoms with E-state index < -0.39 is 16.8 Å². The number of carbonyl (C=O) groups is 2. The number of aliphatic hydroxyl groups excluding tert-OH is 1. The monoisotopic (exact) mass is 482 g/mol. The second-order valence-corrected chi connectivity index (χ2v) is 14.5. The van der Waals surface area contributed by atoms with Gasteiger partial charge in [-0.3, -0.25) is 9.59 Å². The molecule has 5 rings (SSSR count). The predicted molar refractivity (Wildman–Crippen MR) is 138 cm³/mol. The van der Waals surface area contributed by atoms with Crippen LogP contribution in [0.5, 0.6) is 0 Å². The van der Waals surface area contributed by atoms with Gasteiger partial charge in [-0.25, -0.2) is 0 Å². The highest BCUT2D eigenvalue weighted by Gasteiger charge is 2.72. The topological polar surface area (TPSA) is 74.6 Å². The zero-order valence-electron chi connectivity index (χ0n) is 22.7. The molecule has 5 fully saturated rings. The standard InChI is InChI=1S/C31H46O4/c1-18(2)20-10-13-31(26(34)35)15-14-29(6)21(24(20)31)8-9-23-28(5)16-19(17-32)25(33)27(3,4)22(28)11-12-30(23,29)7/h17,20-24,32H,1,8-16H2,2-7H3,(H,34,35)/b19-17-/t20-,21+,22-,23+,24+,28-,29+,30+,31-/m0/s1. The van der Waals surface area contributed by atoms with Crippen molar-refractivity contribution in [3.05, 3.63) is 24.0 Å². The number of hydrogen-bond donors (Lipinski definition) is 2. The number of Topliss-reactive ketones (excluding diaryl/α,β-unsaturated/α-hetero) is 1. The van der Waals surface area contributed by atoms with Crippen molar-refractivity contribution in [2.24, 2.45) is 56.7 Å². The lowest BCUT2D eigenvalue weighted by Gasteiger charge is -2.72. The number of hydrogen-bond acceptors (Lipinski definition) is 3. The van der Waals surface area contributed by atoms with Crippen molar-refractivity contribution in [2.75, 3.05) is 0 Å². The van der Waals surface area contributed by atoms with Gasteiger partial charge < -0.3 is 10.2 Å². The smallest absolute Gasteiger partial charge is 0.309 e. The van der Waals surface area contributed by atoms with E-state index in [0.29, 0.717) is 35.7 Å². The molecule has 0 amide bonds. The van der Waals surface area contributed by atoms with Crippen molar-refractivity contribution in [1.82, 2.24) is 0 Å². The summed E-state index contributed by atoms with van der Waals surface area (Å²) in [6.45, 7) is 18.0. The third-order valence-corrected chi connectivity index (χ3v) is 13.2. The van der Waals surface area contributed by atoms with Gasteiger partial charge in [-0.15, -0.1) is 0 Å². The Morgan fingerprint density at radius 2 is 1.63 bits per heavy atom. The summed E-state index contributed by atoms with van der Waals surface area (Å²) in [5, 5.41) is 20.5. The molecule has 0 aromatic rings. The number of carboxylic acids is 1. The predicted octanol–water partition coefficient (Wildman–Crippen LogP) is 7.35. The van der Waals surface area contributed by atoms with E-state index in [9.17, 15) is 19.8 Å². The first kappa shape index (κ1) is 25.1. The van der Waals surface area contributed by atoms with Gasteiger partial charge in [-0.05, 0) is 111 Å². The number of aliphatic hydroxyl groups is 1. The number of carboxylic acid groups (broad SMARTS) is 1. The van der Waals surface area contributed by atoms with Crippen LogP contribution in [0.2, 0.25) is 0 Å². The molecular formula is C31H46O4. The largest absolute Gasteiger partial charge is 0.515 e. The van der Waals surface area contributed by atoms with Gasteiger partial charge in [0.25, 0.3) is 0 Å². The van der Waals surface area contributed by atoms with Gasteiger partial charge in [-0.2, -0.15) is 0 Å². The van der Waals surface area contributed by atoms with Crippen LogP contribution >= 0.6 is 0 Å². The summed E-state index contributed by atoms with van der Waals surface area (Å²) >= 11 is 0. The SMILES string of the molecule is C=C(C)[C@@H]1CC[C@]2(C(=O)O)CC[C@]3(C)[C@H](CC[C@@H]4[C@@]5(C)C/C(=C/O)C(=O)C(C)(C)[C@@H]5CC[C@]43C)[C@@H]12. The average Bonchev–Trinajstić information content (AvgIpc) is 3.18. The Bertz CT molecular complexity index is 1010. The number of carbonyl (C=O) groups excluding carboxylic acids is 1. The van der Waals surface area contributed by atoms with E-state index in [-0.39, 0.29) is 27.9 Å². The molecule has 0 spiro atoms. The lowest BCUT2D eigenvalue weighted by atomic mass is 9.32. The third kappa shape index (κ3) is 2.86. The molecule has 35 heavy (non-hydrogen) atoms. The Kier molecular flexibility index (Phi) is 5.36. The molecule has 0 radical (unpaired) electrons. The number of rotatable bonds is 2. The zero-order chi connectivity index (χ0) is 25.8. The first-order valence-corrected chi connectivity index (χ1v) is 14.0. The number of allylic oxidation sites excluding steroid dienone is 2. The van der Waals surface area contributed by atoms with Crippen LogP contribution in [-0.2, 0) is 9.59 Å². The van der Waals surface area contributed by atoms with E-state index in [1.807, 2.05) is 0 Å². The number of fused-ring (bicyclic) bond motifs is 7. The lowest BCUT2D eigenvalue weighted by molar-refractivity contribution is -0.232. The van der Waals surface area contributed by atoms with Crippen LogP contribution in [0, 0.1) is 56.7 Å². The Hall–Kier alpha value is -1.58. The van der Waals surface area contributed by atoms with Crippen molar-refractivity contribution in [1.29, 1.82) is 0 Å². The van der Waals surface area contributed by atoms with Crippen molar-refractivity contribution < 1.29 is 19.8 Å². The van der Waals surface area contributed by atoms with Crippen molar-refractivity contribution in [3.8, 4) is 0 Å². The van der Waals surface area contributed by atoms with E-state index in [1.165, 1.54) is 0 Å². The molecule has 9 atom stereocenters. The summed E-state index contributed by atoms with van der Waals surface area (Å²) < 4.78 is 0. The second kappa shape index (κ2) is 7.48. The molecule has 4 nitrogen and oxygen atoms in total. The molecule has 0 aliphatic heterocycles. The minimum absolute atomic E-state index is 0.0439. The molecule has 0 aromatic carbocycles. The Morgan fingerprint density at radius 1 is 0.943 bits per heavy atom. The molecule has 5 aliphatic rings. The first-order chi connectivity index (χ1) is 16.2. The normalized spacial score (nSPS) is 51.7. The van der Waals surface area contributed by atoms with Gasteiger partial charge in [-0.1, -0.05) is 46.8 Å². The van der Waals surface area contributed by atoms with Crippen LogP contribution in [0.4, 0.5) is 0 Å². The Labute approximate surface area is 211 Å². The van der Waals surface area contributed by atoms with Gasteiger partial charge in [0, 0.05) is 11.0 Å². The Balaban J connectivity index is 1.59. The molecule has 0 aromatic heterocycles. The molecule has 194 valence electrons. The zero-order valence-corrected chi connectivity index (χ0v) is 22.7. The fourth-order valence-electron chi connectivity index (χ4n) is 11.5. The lowest BCUT2D eigenvalue weighted by Crippen LogP contribution is -2.67. The van der Waals surface area contributed by atoms with E-state index in [0.717, 1.165) is 63.2 Å². The van der Waals surface area contributed by atoms with Crippen molar-refractivity contribution >= 4 is 11.8 Å². The van der Waals surface area contributed by atoms with E-state index >= 15 is 0 Å². The van der Waals surface area contributed by atoms with Crippen LogP contribution in [-0.4, -0.2) is 22.0 Å². The van der Waals surface area contributed by atoms with E-state index in [2.05, 4.69) is 48.1 Å². The number of ketones is 1. The summed E-state index contributed by atoms with van der Waals surface area (Å²) in [5.74, 6) is 1.17. The highest BCUT2D eigenvalue weighted by Crippen LogP contribution is 2.77. The molecule has 2 N–H and O–H groups in total. The van der Waals surface area contributed by atoms with Gasteiger partial charge in [0.05, 0.1) is 11.7 Å². The molecule has 4 heteroatoms. The highest BCUT2D eigenvalue weighted by molar-refractivity contribution is 6.00. The van der Waals surface area contributed by atoms with Crippen LogP contribution < -0.4 is 0 Å². The first-order valence-electron chi connectivity index (χ1n) is 14.0. The molecule has 0 unspecified atom stereocenters. The average molecular weight is 483 g/mol. The maximum atomic E-state index is 13.2. The summed E-state index contributed by atoms with van der Waals surface area (Å²) in [7, 11) is 0. The second-order valence-electron chi connectivity index (χ2n) is 14.5. The van der Waals surface area contributed by atoms with Gasteiger partial charge in [0.2, 0.25) is 0 Å². The Morgan fingerprint density at radius 3 is 2.23 bits per heavy atom. The maximum Gasteiger partial charge on any atom is 0.309 e. The van der Waals surface area contributed by atoms with Gasteiger partial charge in [0.15, 0.2) is 5.78 Å². The summed E-state index contributed by atoms with van der Waals surface area (Å²) in [6.07, 6.45) is 9.53. The highest BCUT2D eigenvalue weighted by atomic mass is 16.4. The van der Waals surface area contributed by atoms with Crippen molar-refractivity contribution in [2.45, 2.75) is 99.3 Å². The summed E-state index contributed by atoms with van der Waals surface area (Å²) in [6, 6.07) is 0. The summed E-state index contributed by atoms with van der Waals surface area (Å²) in [5.41, 5.74) is 0.808. The fraction of sp³-hybridized carbons (Fsp3) is 0.806. The maximum absolute atomic E-state index is 13.2.